The van der Waals surface area contributed by atoms with E-state index < -0.39 is 16.8 Å². The predicted molar refractivity (Wildman–Crippen MR) is 80.2 cm³/mol. The maximum absolute atomic E-state index is 10.6. The minimum Gasteiger partial charge on any atom is -0.363 e. The molecule has 0 spiro atoms. The maximum atomic E-state index is 10.6. The first-order valence-corrected chi connectivity index (χ1v) is 7.12. The Hall–Kier alpha value is -1.68. The SMILES string of the molecule is CC1(C)C(c2ccccc2)(c2ccccc2)OO[C@]1(C)O. The summed E-state index contributed by atoms with van der Waals surface area (Å²) in [5.41, 5.74) is 0.375. The molecular formula is C18H20O3. The van der Waals surface area contributed by atoms with E-state index in [0.717, 1.165) is 11.1 Å². The molecule has 110 valence electrons. The third kappa shape index (κ3) is 1.85. The molecule has 0 aliphatic carbocycles. The zero-order chi connectivity index (χ0) is 15.1. The lowest BCUT2D eigenvalue weighted by Gasteiger charge is -2.41. The largest absolute Gasteiger partial charge is 0.363 e. The third-order valence-corrected chi connectivity index (χ3v) is 4.73. The quantitative estimate of drug-likeness (QED) is 0.856. The molecule has 0 aromatic heterocycles. The van der Waals surface area contributed by atoms with Crippen LogP contribution in [0.3, 0.4) is 0 Å². The Kier molecular flexibility index (Phi) is 3.17. The number of rotatable bonds is 2. The zero-order valence-electron chi connectivity index (χ0n) is 12.5. The summed E-state index contributed by atoms with van der Waals surface area (Å²) < 4.78 is 0. The second kappa shape index (κ2) is 4.67. The number of hydrogen-bond donors (Lipinski definition) is 1. The normalized spacial score (nSPS) is 26.7. The lowest BCUT2D eigenvalue weighted by Crippen LogP contribution is -2.49. The molecule has 0 unspecified atom stereocenters. The second-order valence-electron chi connectivity index (χ2n) is 6.19. The van der Waals surface area contributed by atoms with Crippen LogP contribution >= 0.6 is 0 Å². The van der Waals surface area contributed by atoms with Gasteiger partial charge in [-0.15, -0.1) is 0 Å². The summed E-state index contributed by atoms with van der Waals surface area (Å²) in [5, 5.41) is 10.6. The van der Waals surface area contributed by atoms with Crippen LogP contribution in [-0.4, -0.2) is 10.9 Å². The van der Waals surface area contributed by atoms with Gasteiger partial charge in [0, 0.05) is 0 Å². The molecule has 2 aromatic carbocycles. The van der Waals surface area contributed by atoms with E-state index in [0.29, 0.717) is 0 Å². The standard InChI is InChI=1S/C18H20O3/c1-16(2)17(3,19)20-21-18(16,14-10-6-4-7-11-14)15-12-8-5-9-13-15/h4-13,19H,1-3H3/t17-/m0/s1. The van der Waals surface area contributed by atoms with E-state index in [2.05, 4.69) is 0 Å². The van der Waals surface area contributed by atoms with Crippen LogP contribution in [0, 0.1) is 5.41 Å². The van der Waals surface area contributed by atoms with Crippen LogP contribution in [0.4, 0.5) is 0 Å². The Morgan fingerprint density at radius 3 is 1.48 bits per heavy atom. The average molecular weight is 284 g/mol. The van der Waals surface area contributed by atoms with Gasteiger partial charge in [0.1, 0.15) is 0 Å². The van der Waals surface area contributed by atoms with E-state index in [4.69, 9.17) is 9.78 Å². The highest BCUT2D eigenvalue weighted by molar-refractivity contribution is 5.40. The fourth-order valence-corrected chi connectivity index (χ4v) is 3.01. The maximum Gasteiger partial charge on any atom is 0.205 e. The third-order valence-electron chi connectivity index (χ3n) is 4.73. The van der Waals surface area contributed by atoms with Crippen molar-refractivity contribution in [3.8, 4) is 0 Å². The van der Waals surface area contributed by atoms with Gasteiger partial charge in [0.2, 0.25) is 5.79 Å². The first-order valence-electron chi connectivity index (χ1n) is 7.12. The second-order valence-corrected chi connectivity index (χ2v) is 6.19. The van der Waals surface area contributed by atoms with Gasteiger partial charge in [0.25, 0.3) is 0 Å². The molecule has 1 aliphatic heterocycles. The summed E-state index contributed by atoms with van der Waals surface area (Å²) in [6, 6.07) is 19.8. The first-order chi connectivity index (χ1) is 9.92. The molecule has 3 nitrogen and oxygen atoms in total. The van der Waals surface area contributed by atoms with Gasteiger partial charge in [-0.3, -0.25) is 0 Å². The highest BCUT2D eigenvalue weighted by atomic mass is 17.2. The molecule has 0 radical (unpaired) electrons. The van der Waals surface area contributed by atoms with Crippen LogP contribution in [0.1, 0.15) is 31.9 Å². The highest BCUT2D eigenvalue weighted by Gasteiger charge is 2.65. The Bertz CT molecular complexity index is 578. The van der Waals surface area contributed by atoms with Crippen LogP contribution in [0.25, 0.3) is 0 Å². The Morgan fingerprint density at radius 2 is 1.14 bits per heavy atom. The summed E-state index contributed by atoms with van der Waals surface area (Å²) in [5.74, 6) is -1.39. The molecule has 1 heterocycles. The van der Waals surface area contributed by atoms with Gasteiger partial charge in [-0.05, 0) is 18.1 Å². The van der Waals surface area contributed by atoms with E-state index in [1.807, 2.05) is 74.5 Å². The number of benzene rings is 2. The Balaban J connectivity index is 2.28. The summed E-state index contributed by atoms with van der Waals surface area (Å²) >= 11 is 0. The molecule has 0 amide bonds. The van der Waals surface area contributed by atoms with Crippen molar-refractivity contribution in [1.29, 1.82) is 0 Å². The molecule has 0 bridgehead atoms. The molecule has 3 rings (SSSR count). The van der Waals surface area contributed by atoms with Crippen LogP contribution in [-0.2, 0) is 15.4 Å². The molecule has 3 heteroatoms. The zero-order valence-corrected chi connectivity index (χ0v) is 12.5. The summed E-state index contributed by atoms with van der Waals surface area (Å²) in [4.78, 5) is 11.1. The van der Waals surface area contributed by atoms with Gasteiger partial charge in [-0.2, -0.15) is 4.89 Å². The molecular weight excluding hydrogens is 264 g/mol. The van der Waals surface area contributed by atoms with E-state index in [1.165, 1.54) is 0 Å². The van der Waals surface area contributed by atoms with Gasteiger partial charge in [-0.1, -0.05) is 74.5 Å². The fraction of sp³-hybridized carbons (Fsp3) is 0.333. The topological polar surface area (TPSA) is 38.7 Å². The van der Waals surface area contributed by atoms with Crippen molar-refractivity contribution in [2.45, 2.75) is 32.2 Å². The molecule has 1 atom stereocenters. The number of aliphatic hydroxyl groups is 1. The van der Waals surface area contributed by atoms with Gasteiger partial charge < -0.3 is 5.11 Å². The van der Waals surface area contributed by atoms with Crippen molar-refractivity contribution >= 4 is 0 Å². The van der Waals surface area contributed by atoms with E-state index in [1.54, 1.807) is 6.92 Å². The molecule has 1 fully saturated rings. The Labute approximate surface area is 125 Å². The van der Waals surface area contributed by atoms with Crippen molar-refractivity contribution in [3.63, 3.8) is 0 Å². The molecule has 1 saturated heterocycles. The van der Waals surface area contributed by atoms with E-state index >= 15 is 0 Å². The van der Waals surface area contributed by atoms with E-state index in [-0.39, 0.29) is 0 Å². The lowest BCUT2D eigenvalue weighted by atomic mass is 9.64. The van der Waals surface area contributed by atoms with Gasteiger partial charge in [-0.25, -0.2) is 4.89 Å². The molecule has 21 heavy (non-hydrogen) atoms. The summed E-state index contributed by atoms with van der Waals surface area (Å²) in [6.45, 7) is 5.56. The number of hydrogen-bond acceptors (Lipinski definition) is 3. The van der Waals surface area contributed by atoms with Crippen molar-refractivity contribution in [1.82, 2.24) is 0 Å². The highest BCUT2D eigenvalue weighted by Crippen LogP contribution is 2.58. The minimum atomic E-state index is -1.39. The average Bonchev–Trinajstić information content (AvgIpc) is 2.68. The van der Waals surface area contributed by atoms with Crippen LogP contribution in [0.5, 0.6) is 0 Å². The van der Waals surface area contributed by atoms with Crippen molar-refractivity contribution in [2.24, 2.45) is 5.41 Å². The lowest BCUT2D eigenvalue weighted by molar-refractivity contribution is -0.388. The minimum absolute atomic E-state index is 0.678. The van der Waals surface area contributed by atoms with E-state index in [9.17, 15) is 5.11 Å². The van der Waals surface area contributed by atoms with Gasteiger partial charge in [0.15, 0.2) is 5.60 Å². The fourth-order valence-electron chi connectivity index (χ4n) is 3.01. The molecule has 2 aromatic rings. The first kappa shape index (κ1) is 14.3. The smallest absolute Gasteiger partial charge is 0.205 e. The molecule has 0 saturated carbocycles. The van der Waals surface area contributed by atoms with Crippen molar-refractivity contribution in [3.05, 3.63) is 71.8 Å². The molecule has 1 aliphatic rings. The summed E-state index contributed by atoms with van der Waals surface area (Å²) in [6.07, 6.45) is 0. The van der Waals surface area contributed by atoms with Crippen LogP contribution in [0.15, 0.2) is 60.7 Å². The van der Waals surface area contributed by atoms with Crippen molar-refractivity contribution in [2.75, 3.05) is 0 Å². The predicted octanol–water partition coefficient (Wildman–Crippen LogP) is 3.63. The van der Waals surface area contributed by atoms with Crippen LogP contribution < -0.4 is 0 Å². The van der Waals surface area contributed by atoms with Crippen LogP contribution in [0.2, 0.25) is 0 Å². The monoisotopic (exact) mass is 284 g/mol. The summed E-state index contributed by atoms with van der Waals surface area (Å²) in [7, 11) is 0. The van der Waals surface area contributed by atoms with Crippen molar-refractivity contribution < 1.29 is 14.9 Å². The van der Waals surface area contributed by atoms with Gasteiger partial charge in [0.05, 0.1) is 5.41 Å². The van der Waals surface area contributed by atoms with Gasteiger partial charge >= 0.3 is 0 Å². The molecule has 1 N–H and O–H groups in total. The Morgan fingerprint density at radius 1 is 0.714 bits per heavy atom.